The zero-order valence-electron chi connectivity index (χ0n) is 14.8. The highest BCUT2D eigenvalue weighted by atomic mass is 16.5. The Morgan fingerprint density at radius 2 is 1.72 bits per heavy atom. The SMILES string of the molecule is COc1ccc(-c2cn(-c3ccccc3)nc2OCCN(C)C)cc1. The summed E-state index contributed by atoms with van der Waals surface area (Å²) < 4.78 is 13.1. The van der Waals surface area contributed by atoms with Gasteiger partial charge in [0.25, 0.3) is 0 Å². The molecule has 0 aliphatic carbocycles. The van der Waals surface area contributed by atoms with Crippen molar-refractivity contribution in [1.29, 1.82) is 0 Å². The normalized spacial score (nSPS) is 10.9. The fraction of sp³-hybridized carbons (Fsp3) is 0.250. The van der Waals surface area contributed by atoms with Crippen LogP contribution in [0.3, 0.4) is 0 Å². The average molecular weight is 337 g/mol. The van der Waals surface area contributed by atoms with E-state index in [2.05, 4.69) is 10.00 Å². The average Bonchev–Trinajstić information content (AvgIpc) is 3.06. The minimum Gasteiger partial charge on any atom is -0.497 e. The quantitative estimate of drug-likeness (QED) is 0.662. The first-order chi connectivity index (χ1) is 12.2. The molecule has 0 aliphatic heterocycles. The molecule has 0 radical (unpaired) electrons. The Morgan fingerprint density at radius 3 is 2.36 bits per heavy atom. The van der Waals surface area contributed by atoms with Crippen LogP contribution >= 0.6 is 0 Å². The number of nitrogens with zero attached hydrogens (tertiary/aromatic N) is 3. The molecule has 0 saturated heterocycles. The van der Waals surface area contributed by atoms with Gasteiger partial charge in [-0.15, -0.1) is 5.10 Å². The molecule has 25 heavy (non-hydrogen) atoms. The van der Waals surface area contributed by atoms with E-state index in [1.807, 2.05) is 79.6 Å². The van der Waals surface area contributed by atoms with Crippen LogP contribution in [0.4, 0.5) is 0 Å². The maximum absolute atomic E-state index is 5.96. The van der Waals surface area contributed by atoms with Crippen LogP contribution in [-0.4, -0.2) is 49.0 Å². The Morgan fingerprint density at radius 1 is 1.00 bits per heavy atom. The highest BCUT2D eigenvalue weighted by molar-refractivity contribution is 5.69. The summed E-state index contributed by atoms with van der Waals surface area (Å²) >= 11 is 0. The van der Waals surface area contributed by atoms with Crippen molar-refractivity contribution < 1.29 is 9.47 Å². The summed E-state index contributed by atoms with van der Waals surface area (Å²) in [5.41, 5.74) is 3.01. The first-order valence-electron chi connectivity index (χ1n) is 8.24. The molecule has 0 saturated carbocycles. The number of rotatable bonds is 7. The molecule has 130 valence electrons. The van der Waals surface area contributed by atoms with Crippen molar-refractivity contribution in [1.82, 2.24) is 14.7 Å². The fourth-order valence-electron chi connectivity index (χ4n) is 2.47. The van der Waals surface area contributed by atoms with E-state index in [4.69, 9.17) is 9.47 Å². The third-order valence-electron chi connectivity index (χ3n) is 3.88. The maximum Gasteiger partial charge on any atom is 0.241 e. The van der Waals surface area contributed by atoms with E-state index in [1.165, 1.54) is 0 Å². The van der Waals surface area contributed by atoms with Gasteiger partial charge in [0.1, 0.15) is 12.4 Å². The Hall–Kier alpha value is -2.79. The molecule has 1 aromatic heterocycles. The number of ether oxygens (including phenoxy) is 2. The van der Waals surface area contributed by atoms with Gasteiger partial charge in [0.2, 0.25) is 5.88 Å². The molecular formula is C20H23N3O2. The van der Waals surface area contributed by atoms with Gasteiger partial charge in [-0.3, -0.25) is 0 Å². The molecule has 5 heteroatoms. The van der Waals surface area contributed by atoms with Crippen molar-refractivity contribution in [3.63, 3.8) is 0 Å². The number of hydrogen-bond acceptors (Lipinski definition) is 4. The molecule has 0 atom stereocenters. The number of aromatic nitrogens is 2. The Kier molecular flexibility index (Phi) is 5.36. The first kappa shape index (κ1) is 17.0. The molecule has 3 aromatic rings. The van der Waals surface area contributed by atoms with Crippen molar-refractivity contribution in [2.75, 3.05) is 34.4 Å². The smallest absolute Gasteiger partial charge is 0.241 e. The van der Waals surface area contributed by atoms with E-state index in [0.717, 1.165) is 29.1 Å². The molecule has 0 spiro atoms. The molecule has 0 bridgehead atoms. The van der Waals surface area contributed by atoms with Gasteiger partial charge in [-0.05, 0) is 43.9 Å². The summed E-state index contributed by atoms with van der Waals surface area (Å²) in [6, 6.07) is 18.0. The van der Waals surface area contributed by atoms with Gasteiger partial charge >= 0.3 is 0 Å². The van der Waals surface area contributed by atoms with Crippen LogP contribution in [0.1, 0.15) is 0 Å². The van der Waals surface area contributed by atoms with Gasteiger partial charge in [-0.1, -0.05) is 30.3 Å². The minimum atomic E-state index is 0.585. The van der Waals surface area contributed by atoms with E-state index >= 15 is 0 Å². The molecular weight excluding hydrogens is 314 g/mol. The van der Waals surface area contributed by atoms with Crippen molar-refractivity contribution in [2.24, 2.45) is 0 Å². The summed E-state index contributed by atoms with van der Waals surface area (Å²) in [5, 5.41) is 4.64. The van der Waals surface area contributed by atoms with Gasteiger partial charge in [0.15, 0.2) is 0 Å². The summed E-state index contributed by atoms with van der Waals surface area (Å²) in [6.45, 7) is 1.42. The zero-order valence-corrected chi connectivity index (χ0v) is 14.8. The summed E-state index contributed by atoms with van der Waals surface area (Å²) in [4.78, 5) is 2.08. The summed E-state index contributed by atoms with van der Waals surface area (Å²) in [7, 11) is 5.71. The lowest BCUT2D eigenvalue weighted by atomic mass is 10.1. The van der Waals surface area contributed by atoms with E-state index in [-0.39, 0.29) is 0 Å². The lowest BCUT2D eigenvalue weighted by Crippen LogP contribution is -2.19. The van der Waals surface area contributed by atoms with E-state index in [9.17, 15) is 0 Å². The standard InChI is InChI=1S/C20H23N3O2/c1-22(2)13-14-25-20-19(16-9-11-18(24-3)12-10-16)15-23(21-20)17-7-5-4-6-8-17/h4-12,15H,13-14H2,1-3H3. The molecule has 0 amide bonds. The van der Waals surface area contributed by atoms with Gasteiger partial charge in [-0.25, -0.2) is 4.68 Å². The lowest BCUT2D eigenvalue weighted by molar-refractivity contribution is 0.253. The molecule has 5 nitrogen and oxygen atoms in total. The van der Waals surface area contributed by atoms with Crippen LogP contribution in [0.15, 0.2) is 60.8 Å². The van der Waals surface area contributed by atoms with Crippen molar-refractivity contribution >= 4 is 0 Å². The molecule has 0 N–H and O–H groups in total. The van der Waals surface area contributed by atoms with Crippen LogP contribution in [0.5, 0.6) is 11.6 Å². The largest absolute Gasteiger partial charge is 0.497 e. The van der Waals surface area contributed by atoms with Crippen LogP contribution < -0.4 is 9.47 Å². The number of methoxy groups -OCH3 is 1. The molecule has 0 fully saturated rings. The second kappa shape index (κ2) is 7.85. The molecule has 0 unspecified atom stereocenters. The second-order valence-corrected chi connectivity index (χ2v) is 6.01. The van der Waals surface area contributed by atoms with Crippen molar-refractivity contribution in [3.05, 3.63) is 60.8 Å². The maximum atomic E-state index is 5.96. The number of para-hydroxylation sites is 1. The van der Waals surface area contributed by atoms with Gasteiger partial charge in [-0.2, -0.15) is 0 Å². The third kappa shape index (κ3) is 4.19. The predicted molar refractivity (Wildman–Crippen MR) is 99.6 cm³/mol. The Labute approximate surface area is 148 Å². The van der Waals surface area contributed by atoms with Gasteiger partial charge in [0.05, 0.1) is 18.4 Å². The van der Waals surface area contributed by atoms with E-state index in [0.29, 0.717) is 12.5 Å². The minimum absolute atomic E-state index is 0.585. The van der Waals surface area contributed by atoms with Crippen LogP contribution in [-0.2, 0) is 0 Å². The zero-order chi connectivity index (χ0) is 17.6. The van der Waals surface area contributed by atoms with Gasteiger partial charge in [0, 0.05) is 12.7 Å². The van der Waals surface area contributed by atoms with Crippen LogP contribution in [0, 0.1) is 0 Å². The fourth-order valence-corrected chi connectivity index (χ4v) is 2.47. The van der Waals surface area contributed by atoms with Crippen molar-refractivity contribution in [3.8, 4) is 28.4 Å². The molecule has 2 aromatic carbocycles. The first-order valence-corrected chi connectivity index (χ1v) is 8.24. The number of likely N-dealkylation sites (N-methyl/N-ethyl adjacent to an activating group) is 1. The topological polar surface area (TPSA) is 39.5 Å². The monoisotopic (exact) mass is 337 g/mol. The Balaban J connectivity index is 1.94. The highest BCUT2D eigenvalue weighted by Crippen LogP contribution is 2.31. The number of benzene rings is 2. The summed E-state index contributed by atoms with van der Waals surface area (Å²) in [5.74, 6) is 1.46. The predicted octanol–water partition coefficient (Wildman–Crippen LogP) is 3.49. The third-order valence-corrected chi connectivity index (χ3v) is 3.88. The van der Waals surface area contributed by atoms with E-state index in [1.54, 1.807) is 7.11 Å². The lowest BCUT2D eigenvalue weighted by Gasteiger charge is -2.10. The second-order valence-electron chi connectivity index (χ2n) is 6.01. The Bertz CT molecular complexity index is 796. The van der Waals surface area contributed by atoms with E-state index < -0.39 is 0 Å². The van der Waals surface area contributed by atoms with Gasteiger partial charge < -0.3 is 14.4 Å². The highest BCUT2D eigenvalue weighted by Gasteiger charge is 2.14. The number of hydrogen-bond donors (Lipinski definition) is 0. The van der Waals surface area contributed by atoms with Crippen LogP contribution in [0.2, 0.25) is 0 Å². The summed E-state index contributed by atoms with van der Waals surface area (Å²) in [6.07, 6.45) is 2.00. The molecule has 0 aliphatic rings. The molecule has 3 rings (SSSR count). The van der Waals surface area contributed by atoms with Crippen LogP contribution in [0.25, 0.3) is 16.8 Å². The molecule has 1 heterocycles. The van der Waals surface area contributed by atoms with Crippen molar-refractivity contribution in [2.45, 2.75) is 0 Å².